The molecule has 88 valence electrons. The van der Waals surface area contributed by atoms with Gasteiger partial charge in [-0.3, -0.25) is 4.79 Å². The number of fused-ring (bicyclic) bond motifs is 3. The number of aryl methyl sites for hydroxylation is 1. The van der Waals surface area contributed by atoms with E-state index in [1.165, 1.54) is 15.8 Å². The van der Waals surface area contributed by atoms with E-state index < -0.39 is 5.97 Å². The predicted octanol–water partition coefficient (Wildman–Crippen LogP) is 3.74. The van der Waals surface area contributed by atoms with Gasteiger partial charge in [0, 0.05) is 4.88 Å². The van der Waals surface area contributed by atoms with Crippen LogP contribution < -0.4 is 0 Å². The zero-order chi connectivity index (χ0) is 12.0. The van der Waals surface area contributed by atoms with E-state index in [9.17, 15) is 4.79 Å². The Morgan fingerprint density at radius 1 is 1.47 bits per heavy atom. The Labute approximate surface area is 108 Å². The fourth-order valence-electron chi connectivity index (χ4n) is 2.48. The normalized spacial score (nSPS) is 19.2. The minimum atomic E-state index is -0.681. The fraction of sp³-hybridized carbons (Fsp3) is 0.308. The molecule has 3 rings (SSSR count). The van der Waals surface area contributed by atoms with E-state index in [4.69, 9.17) is 16.7 Å². The van der Waals surface area contributed by atoms with Gasteiger partial charge in [-0.2, -0.15) is 0 Å². The lowest BCUT2D eigenvalue weighted by atomic mass is 9.88. The number of carbonyl (C=O) groups is 1. The molecule has 1 unspecified atom stereocenters. The molecule has 1 aromatic heterocycles. The van der Waals surface area contributed by atoms with Gasteiger partial charge in [0.15, 0.2) is 0 Å². The van der Waals surface area contributed by atoms with Gasteiger partial charge >= 0.3 is 5.97 Å². The molecule has 0 fully saturated rings. The fourth-order valence-corrected chi connectivity index (χ4v) is 4.10. The van der Waals surface area contributed by atoms with Gasteiger partial charge in [0.25, 0.3) is 0 Å². The Kier molecular flexibility index (Phi) is 2.60. The topological polar surface area (TPSA) is 37.3 Å². The monoisotopic (exact) mass is 266 g/mol. The molecule has 1 aliphatic rings. The minimum absolute atomic E-state index is 0.227. The molecule has 2 nitrogen and oxygen atoms in total. The Hall–Kier alpha value is -1.06. The van der Waals surface area contributed by atoms with Crippen molar-refractivity contribution in [1.29, 1.82) is 0 Å². The second kappa shape index (κ2) is 4.00. The molecule has 1 heterocycles. The Bertz CT molecular complexity index is 603. The van der Waals surface area contributed by atoms with Crippen molar-refractivity contribution in [2.24, 2.45) is 5.92 Å². The SMILES string of the molecule is O=C(O)C1CCc2c(sc3c(Cl)cccc23)C1. The van der Waals surface area contributed by atoms with Crippen molar-refractivity contribution >= 4 is 39.0 Å². The van der Waals surface area contributed by atoms with Crippen molar-refractivity contribution in [1.82, 2.24) is 0 Å². The molecule has 0 spiro atoms. The molecular weight excluding hydrogens is 256 g/mol. The van der Waals surface area contributed by atoms with Crippen LogP contribution in [0.2, 0.25) is 5.02 Å². The molecule has 1 N–H and O–H groups in total. The third-order valence-electron chi connectivity index (χ3n) is 3.38. The third kappa shape index (κ3) is 1.74. The summed E-state index contributed by atoms with van der Waals surface area (Å²) in [5, 5.41) is 11.1. The van der Waals surface area contributed by atoms with Crippen LogP contribution in [0.25, 0.3) is 10.1 Å². The molecule has 17 heavy (non-hydrogen) atoms. The van der Waals surface area contributed by atoms with Crippen LogP contribution in [0.4, 0.5) is 0 Å². The van der Waals surface area contributed by atoms with Crippen molar-refractivity contribution < 1.29 is 9.90 Å². The molecular formula is C13H11ClO2S. The maximum atomic E-state index is 11.0. The summed E-state index contributed by atoms with van der Waals surface area (Å²) in [4.78, 5) is 12.2. The minimum Gasteiger partial charge on any atom is -0.481 e. The van der Waals surface area contributed by atoms with E-state index in [1.54, 1.807) is 11.3 Å². The highest BCUT2D eigenvalue weighted by Gasteiger charge is 2.27. The molecule has 0 aliphatic heterocycles. The number of carboxylic acids is 1. The number of hydrogen-bond acceptors (Lipinski definition) is 2. The Morgan fingerprint density at radius 2 is 2.29 bits per heavy atom. The van der Waals surface area contributed by atoms with Gasteiger partial charge in [0.05, 0.1) is 15.6 Å². The zero-order valence-electron chi connectivity index (χ0n) is 9.07. The Morgan fingerprint density at radius 3 is 3.06 bits per heavy atom. The molecule has 0 bridgehead atoms. The van der Waals surface area contributed by atoms with Crippen molar-refractivity contribution in [2.45, 2.75) is 19.3 Å². The van der Waals surface area contributed by atoms with Crippen molar-refractivity contribution in [3.8, 4) is 0 Å². The molecule has 0 saturated heterocycles. The van der Waals surface area contributed by atoms with E-state index in [2.05, 4.69) is 6.07 Å². The van der Waals surface area contributed by atoms with E-state index in [0.29, 0.717) is 6.42 Å². The van der Waals surface area contributed by atoms with Gasteiger partial charge in [-0.05, 0) is 36.3 Å². The van der Waals surface area contributed by atoms with Crippen LogP contribution in [0.15, 0.2) is 18.2 Å². The highest BCUT2D eigenvalue weighted by Crippen LogP contribution is 2.40. The van der Waals surface area contributed by atoms with Crippen LogP contribution in [0.5, 0.6) is 0 Å². The number of carboxylic acid groups (broad SMARTS) is 1. The maximum absolute atomic E-state index is 11.0. The van der Waals surface area contributed by atoms with Crippen molar-refractivity contribution in [3.63, 3.8) is 0 Å². The third-order valence-corrected chi connectivity index (χ3v) is 5.11. The number of halogens is 1. The van der Waals surface area contributed by atoms with E-state index >= 15 is 0 Å². The summed E-state index contributed by atoms with van der Waals surface area (Å²) in [5.41, 5.74) is 1.31. The summed E-state index contributed by atoms with van der Waals surface area (Å²) in [5.74, 6) is -0.909. The summed E-state index contributed by atoms with van der Waals surface area (Å²) in [6.07, 6.45) is 2.24. The Balaban J connectivity index is 2.13. The molecule has 4 heteroatoms. The average molecular weight is 267 g/mol. The summed E-state index contributed by atoms with van der Waals surface area (Å²) in [6, 6.07) is 5.93. The van der Waals surface area contributed by atoms with E-state index in [0.717, 1.165) is 22.6 Å². The highest BCUT2D eigenvalue weighted by atomic mass is 35.5. The van der Waals surface area contributed by atoms with Crippen LogP contribution >= 0.6 is 22.9 Å². The summed E-state index contributed by atoms with van der Waals surface area (Å²) >= 11 is 7.82. The van der Waals surface area contributed by atoms with E-state index in [1.807, 2.05) is 12.1 Å². The second-order valence-electron chi connectivity index (χ2n) is 4.40. The summed E-state index contributed by atoms with van der Waals surface area (Å²) < 4.78 is 1.10. The molecule has 0 amide bonds. The van der Waals surface area contributed by atoms with Gasteiger partial charge in [0.1, 0.15) is 0 Å². The quantitative estimate of drug-likeness (QED) is 0.854. The van der Waals surface area contributed by atoms with Crippen LogP contribution in [0.1, 0.15) is 16.9 Å². The first-order valence-electron chi connectivity index (χ1n) is 5.58. The first kappa shape index (κ1) is 11.1. The lowest BCUT2D eigenvalue weighted by molar-refractivity contribution is -0.142. The number of thiophene rings is 1. The average Bonchev–Trinajstić information content (AvgIpc) is 2.68. The molecule has 0 radical (unpaired) electrons. The summed E-state index contributed by atoms with van der Waals surface area (Å²) in [6.45, 7) is 0. The molecule has 1 aliphatic carbocycles. The molecule has 1 aromatic carbocycles. The van der Waals surface area contributed by atoms with Crippen LogP contribution in [0.3, 0.4) is 0 Å². The first-order valence-corrected chi connectivity index (χ1v) is 6.78. The molecule has 0 saturated carbocycles. The maximum Gasteiger partial charge on any atom is 0.306 e. The number of aliphatic carboxylic acids is 1. The molecule has 2 aromatic rings. The number of benzene rings is 1. The number of rotatable bonds is 1. The zero-order valence-corrected chi connectivity index (χ0v) is 10.6. The van der Waals surface area contributed by atoms with Crippen molar-refractivity contribution in [2.75, 3.05) is 0 Å². The second-order valence-corrected chi connectivity index (χ2v) is 5.91. The van der Waals surface area contributed by atoms with E-state index in [-0.39, 0.29) is 5.92 Å². The lowest BCUT2D eigenvalue weighted by Gasteiger charge is -2.18. The van der Waals surface area contributed by atoms with Gasteiger partial charge in [0.2, 0.25) is 0 Å². The smallest absolute Gasteiger partial charge is 0.306 e. The van der Waals surface area contributed by atoms with Crippen LogP contribution in [-0.2, 0) is 17.6 Å². The lowest BCUT2D eigenvalue weighted by Crippen LogP contribution is -2.20. The van der Waals surface area contributed by atoms with Crippen molar-refractivity contribution in [3.05, 3.63) is 33.7 Å². The van der Waals surface area contributed by atoms with Crippen LogP contribution in [0, 0.1) is 5.92 Å². The van der Waals surface area contributed by atoms with Gasteiger partial charge in [-0.1, -0.05) is 23.7 Å². The predicted molar refractivity (Wildman–Crippen MR) is 70.0 cm³/mol. The largest absolute Gasteiger partial charge is 0.481 e. The summed E-state index contributed by atoms with van der Waals surface area (Å²) in [7, 11) is 0. The first-order chi connectivity index (χ1) is 8.16. The van der Waals surface area contributed by atoms with Gasteiger partial charge < -0.3 is 5.11 Å². The highest BCUT2D eigenvalue weighted by molar-refractivity contribution is 7.20. The molecule has 1 atom stereocenters. The number of hydrogen-bond donors (Lipinski definition) is 1. The van der Waals surface area contributed by atoms with Gasteiger partial charge in [-0.25, -0.2) is 0 Å². The standard InChI is InChI=1S/C13H11ClO2S/c14-10-3-1-2-9-8-5-4-7(13(15)16)6-11(8)17-12(9)10/h1-3,7H,4-6H2,(H,15,16). The van der Waals surface area contributed by atoms with Gasteiger partial charge in [-0.15, -0.1) is 11.3 Å². The van der Waals surface area contributed by atoms with Crippen LogP contribution in [-0.4, -0.2) is 11.1 Å².